The molecule has 0 fully saturated rings. The number of rotatable bonds is 5. The van der Waals surface area contributed by atoms with Gasteiger partial charge in [-0.15, -0.1) is 0 Å². The zero-order valence-electron chi connectivity index (χ0n) is 17.5. The van der Waals surface area contributed by atoms with Gasteiger partial charge in [-0.1, -0.05) is 15.9 Å². The van der Waals surface area contributed by atoms with Gasteiger partial charge in [0.25, 0.3) is 5.69 Å². The van der Waals surface area contributed by atoms with E-state index in [-0.39, 0.29) is 30.5 Å². The zero-order chi connectivity index (χ0) is 23.8. The average molecular weight is 522 g/mol. The van der Waals surface area contributed by atoms with E-state index in [9.17, 15) is 15.4 Å². The van der Waals surface area contributed by atoms with Crippen molar-refractivity contribution in [3.05, 3.63) is 97.3 Å². The van der Waals surface area contributed by atoms with E-state index in [4.69, 9.17) is 24.7 Å². The number of nitrogens with zero attached hydrogens (tertiary/aromatic N) is 2. The summed E-state index contributed by atoms with van der Waals surface area (Å²) in [6.07, 6.45) is 0. The predicted molar refractivity (Wildman–Crippen MR) is 123 cm³/mol. The van der Waals surface area contributed by atoms with E-state index in [2.05, 4.69) is 22.0 Å². The molecule has 170 valence electrons. The van der Waals surface area contributed by atoms with Crippen molar-refractivity contribution in [2.45, 2.75) is 12.5 Å². The van der Waals surface area contributed by atoms with Crippen LogP contribution in [0.25, 0.3) is 0 Å². The van der Waals surface area contributed by atoms with Crippen LogP contribution in [0.2, 0.25) is 0 Å². The van der Waals surface area contributed by atoms with Crippen molar-refractivity contribution in [3.8, 4) is 29.1 Å². The minimum atomic E-state index is -0.576. The van der Waals surface area contributed by atoms with E-state index in [0.717, 1.165) is 10.0 Å². The Morgan fingerprint density at radius 1 is 1.09 bits per heavy atom. The van der Waals surface area contributed by atoms with Crippen molar-refractivity contribution in [2.75, 3.05) is 6.79 Å². The number of hydrogen-bond donors (Lipinski definition) is 1. The van der Waals surface area contributed by atoms with Crippen molar-refractivity contribution in [1.29, 1.82) is 5.26 Å². The van der Waals surface area contributed by atoms with Crippen LogP contribution in [0, 0.1) is 21.4 Å². The molecule has 0 saturated heterocycles. The first-order valence-electron chi connectivity index (χ1n) is 10.1. The molecule has 0 saturated carbocycles. The summed E-state index contributed by atoms with van der Waals surface area (Å²) in [5.41, 5.74) is 8.51. The Labute approximate surface area is 202 Å². The molecule has 2 aliphatic heterocycles. The number of nitro benzene ring substituents is 1. The van der Waals surface area contributed by atoms with E-state index in [1.54, 1.807) is 30.3 Å². The summed E-state index contributed by atoms with van der Waals surface area (Å²) in [6.45, 7) is 0.266. The molecule has 2 N–H and O–H groups in total. The molecule has 1 atom stereocenters. The highest BCUT2D eigenvalue weighted by Crippen LogP contribution is 2.49. The summed E-state index contributed by atoms with van der Waals surface area (Å²) < 4.78 is 23.6. The third-order valence-electron chi connectivity index (χ3n) is 5.53. The fourth-order valence-electron chi connectivity index (χ4n) is 3.92. The maximum Gasteiger partial charge on any atom is 0.269 e. The molecule has 2 heterocycles. The molecular formula is C24H16BrN3O6. The number of benzene rings is 3. The van der Waals surface area contributed by atoms with Crippen LogP contribution >= 0.6 is 15.9 Å². The summed E-state index contributed by atoms with van der Waals surface area (Å²) in [5.74, 6) is 1.50. The lowest BCUT2D eigenvalue weighted by Gasteiger charge is -2.28. The van der Waals surface area contributed by atoms with Gasteiger partial charge in [-0.05, 0) is 42.0 Å². The van der Waals surface area contributed by atoms with Crippen molar-refractivity contribution in [1.82, 2.24) is 0 Å². The summed E-state index contributed by atoms with van der Waals surface area (Å²) >= 11 is 3.50. The number of ether oxygens (including phenoxy) is 4. The number of non-ortho nitro benzene ring substituents is 1. The first-order chi connectivity index (χ1) is 16.4. The number of nitriles is 1. The third-order valence-corrected chi connectivity index (χ3v) is 6.03. The monoisotopic (exact) mass is 521 g/mol. The van der Waals surface area contributed by atoms with E-state index in [1.165, 1.54) is 12.1 Å². The Kier molecular flexibility index (Phi) is 5.47. The smallest absolute Gasteiger partial charge is 0.269 e. The summed E-state index contributed by atoms with van der Waals surface area (Å²) in [6, 6.07) is 17.3. The van der Waals surface area contributed by atoms with E-state index in [0.29, 0.717) is 34.1 Å². The van der Waals surface area contributed by atoms with Crippen molar-refractivity contribution in [2.24, 2.45) is 5.73 Å². The minimum Gasteiger partial charge on any atom is -0.489 e. The van der Waals surface area contributed by atoms with E-state index >= 15 is 0 Å². The lowest BCUT2D eigenvalue weighted by molar-refractivity contribution is -0.384. The number of nitro groups is 1. The van der Waals surface area contributed by atoms with Crippen LogP contribution in [0.15, 0.2) is 70.5 Å². The Hall–Kier alpha value is -4.23. The van der Waals surface area contributed by atoms with Crippen molar-refractivity contribution in [3.63, 3.8) is 0 Å². The zero-order valence-corrected chi connectivity index (χ0v) is 19.1. The van der Waals surface area contributed by atoms with Crippen molar-refractivity contribution >= 4 is 21.6 Å². The molecule has 0 bridgehead atoms. The molecule has 3 aromatic rings. The Morgan fingerprint density at radius 3 is 2.53 bits per heavy atom. The van der Waals surface area contributed by atoms with Crippen LogP contribution in [0.5, 0.6) is 23.0 Å². The van der Waals surface area contributed by atoms with Gasteiger partial charge in [-0.3, -0.25) is 10.1 Å². The second kappa shape index (κ2) is 8.61. The van der Waals surface area contributed by atoms with Gasteiger partial charge >= 0.3 is 0 Å². The standard InChI is InChI=1S/C24H16BrN3O6/c25-14-3-6-19(31-11-13-1-4-15(5-2-13)28(29)30)16(7-14)23-17-8-21-22(33-12-32-21)9-20(17)34-24(27)18(23)10-26/h1-9,23H,11-12,27H2/t23-/m0/s1. The summed E-state index contributed by atoms with van der Waals surface area (Å²) in [4.78, 5) is 10.4. The van der Waals surface area contributed by atoms with Crippen LogP contribution in [-0.4, -0.2) is 11.7 Å². The highest BCUT2D eigenvalue weighted by Gasteiger charge is 2.35. The fourth-order valence-corrected chi connectivity index (χ4v) is 4.30. The second-order valence-corrected chi connectivity index (χ2v) is 8.48. The molecule has 0 unspecified atom stereocenters. The topological polar surface area (TPSA) is 130 Å². The normalized spacial score (nSPS) is 15.8. The molecule has 0 aromatic heterocycles. The summed E-state index contributed by atoms with van der Waals surface area (Å²) in [7, 11) is 0. The average Bonchev–Trinajstić information content (AvgIpc) is 3.28. The van der Waals surface area contributed by atoms with Crippen LogP contribution in [0.3, 0.4) is 0 Å². The Morgan fingerprint density at radius 2 is 1.82 bits per heavy atom. The fraction of sp³-hybridized carbons (Fsp3) is 0.125. The maximum atomic E-state index is 10.9. The molecular weight excluding hydrogens is 506 g/mol. The highest BCUT2D eigenvalue weighted by atomic mass is 79.9. The van der Waals surface area contributed by atoms with Gasteiger partial charge in [0.1, 0.15) is 29.7 Å². The number of halogens is 1. The Bertz CT molecular complexity index is 1380. The first-order valence-corrected chi connectivity index (χ1v) is 10.9. The quantitative estimate of drug-likeness (QED) is 0.371. The number of fused-ring (bicyclic) bond motifs is 2. The molecule has 2 aliphatic rings. The van der Waals surface area contributed by atoms with Crippen LogP contribution in [-0.2, 0) is 6.61 Å². The van der Waals surface area contributed by atoms with E-state index < -0.39 is 10.8 Å². The molecule has 10 heteroatoms. The highest BCUT2D eigenvalue weighted by molar-refractivity contribution is 9.10. The molecule has 0 spiro atoms. The third kappa shape index (κ3) is 3.86. The first kappa shape index (κ1) is 21.6. The Balaban J connectivity index is 1.55. The number of hydrogen-bond acceptors (Lipinski definition) is 8. The van der Waals surface area contributed by atoms with Gasteiger partial charge in [0.05, 0.1) is 10.8 Å². The molecule has 9 nitrogen and oxygen atoms in total. The lowest BCUT2D eigenvalue weighted by Crippen LogP contribution is -2.21. The number of nitrogens with two attached hydrogens (primary N) is 1. The van der Waals surface area contributed by atoms with Crippen molar-refractivity contribution < 1.29 is 23.9 Å². The van der Waals surface area contributed by atoms with Gasteiger partial charge in [0.2, 0.25) is 12.7 Å². The minimum absolute atomic E-state index is 0.000148. The van der Waals surface area contributed by atoms with Crippen LogP contribution < -0.4 is 24.7 Å². The van der Waals surface area contributed by atoms with Gasteiger partial charge in [0.15, 0.2) is 11.5 Å². The maximum absolute atomic E-state index is 10.9. The second-order valence-electron chi connectivity index (χ2n) is 7.56. The summed E-state index contributed by atoms with van der Waals surface area (Å²) in [5, 5.41) is 20.8. The van der Waals surface area contributed by atoms with Gasteiger partial charge in [-0.25, -0.2) is 0 Å². The largest absolute Gasteiger partial charge is 0.489 e. The molecule has 3 aromatic carbocycles. The molecule has 0 radical (unpaired) electrons. The van der Waals surface area contributed by atoms with Crippen LogP contribution in [0.4, 0.5) is 5.69 Å². The molecule has 5 rings (SSSR count). The number of allylic oxidation sites excluding steroid dienone is 1. The van der Waals surface area contributed by atoms with E-state index in [1.807, 2.05) is 12.1 Å². The van der Waals surface area contributed by atoms with Gasteiger partial charge in [-0.2, -0.15) is 5.26 Å². The predicted octanol–water partition coefficient (Wildman–Crippen LogP) is 4.88. The SMILES string of the molecule is N#CC1=C(N)Oc2cc3c(cc2[C@@H]1c1cc(Br)ccc1OCc1ccc([N+](=O)[O-])cc1)OCO3. The van der Waals surface area contributed by atoms with Gasteiger partial charge in [0, 0.05) is 33.8 Å². The van der Waals surface area contributed by atoms with Crippen LogP contribution in [0.1, 0.15) is 22.6 Å². The van der Waals surface area contributed by atoms with Gasteiger partial charge < -0.3 is 24.7 Å². The molecule has 0 aliphatic carbocycles. The molecule has 0 amide bonds. The molecule has 34 heavy (non-hydrogen) atoms. The lowest BCUT2D eigenvalue weighted by atomic mass is 9.83.